The predicted octanol–water partition coefficient (Wildman–Crippen LogP) is 0.673. The Kier molecular flexibility index (Phi) is 2.95. The van der Waals surface area contributed by atoms with Gasteiger partial charge in [-0.25, -0.2) is 4.79 Å². The Balaban J connectivity index is 3.18. The standard InChI is InChI=1S/C10H12O5/c1-10(9(13)14)5-3-4-6(8(11)12)7(10)15-2/h3-5,7H,1-2H3,(H,11,12)(H,13,14). The molecule has 2 atom stereocenters. The first-order chi connectivity index (χ1) is 6.93. The summed E-state index contributed by atoms with van der Waals surface area (Å²) in [7, 11) is 1.29. The Morgan fingerprint density at radius 3 is 2.47 bits per heavy atom. The topological polar surface area (TPSA) is 83.8 Å². The van der Waals surface area contributed by atoms with Crippen molar-refractivity contribution in [3.05, 3.63) is 23.8 Å². The van der Waals surface area contributed by atoms with E-state index in [-0.39, 0.29) is 5.57 Å². The van der Waals surface area contributed by atoms with Gasteiger partial charge in [-0.05, 0) is 13.0 Å². The van der Waals surface area contributed by atoms with Gasteiger partial charge >= 0.3 is 11.9 Å². The molecule has 5 heteroatoms. The van der Waals surface area contributed by atoms with Crippen LogP contribution in [-0.4, -0.2) is 35.4 Å². The normalized spacial score (nSPS) is 29.7. The van der Waals surface area contributed by atoms with Gasteiger partial charge in [-0.1, -0.05) is 12.2 Å². The molecule has 82 valence electrons. The van der Waals surface area contributed by atoms with Gasteiger partial charge in [0.05, 0.1) is 5.57 Å². The first-order valence-electron chi connectivity index (χ1n) is 4.32. The highest BCUT2D eigenvalue weighted by Gasteiger charge is 2.45. The molecule has 0 bridgehead atoms. The van der Waals surface area contributed by atoms with Crippen LogP contribution in [-0.2, 0) is 14.3 Å². The first kappa shape index (κ1) is 11.5. The molecule has 0 aromatic carbocycles. The van der Waals surface area contributed by atoms with Crippen molar-refractivity contribution in [3.63, 3.8) is 0 Å². The lowest BCUT2D eigenvalue weighted by atomic mass is 9.77. The number of hydrogen-bond donors (Lipinski definition) is 2. The number of carbonyl (C=O) groups is 2. The van der Waals surface area contributed by atoms with Gasteiger partial charge in [-0.15, -0.1) is 0 Å². The van der Waals surface area contributed by atoms with E-state index in [0.29, 0.717) is 0 Å². The van der Waals surface area contributed by atoms with E-state index in [1.807, 2.05) is 0 Å². The minimum atomic E-state index is -1.34. The molecule has 0 fully saturated rings. The Bertz CT molecular complexity index is 355. The molecule has 0 aromatic rings. The van der Waals surface area contributed by atoms with Crippen molar-refractivity contribution in [1.29, 1.82) is 0 Å². The second-order valence-electron chi connectivity index (χ2n) is 3.49. The summed E-state index contributed by atoms with van der Waals surface area (Å²) in [6.07, 6.45) is 3.22. The molecule has 0 saturated heterocycles. The van der Waals surface area contributed by atoms with Crippen LogP contribution in [0.25, 0.3) is 0 Å². The minimum absolute atomic E-state index is 0.0510. The van der Waals surface area contributed by atoms with E-state index >= 15 is 0 Å². The van der Waals surface area contributed by atoms with E-state index in [1.165, 1.54) is 32.3 Å². The SMILES string of the molecule is COC1C(C(=O)O)=CC=CC1(C)C(=O)O. The third kappa shape index (κ3) is 1.78. The molecule has 1 aliphatic rings. The number of rotatable bonds is 3. The molecule has 0 radical (unpaired) electrons. The molecule has 2 unspecified atom stereocenters. The summed E-state index contributed by atoms with van der Waals surface area (Å²) in [6, 6.07) is 0. The van der Waals surface area contributed by atoms with Crippen LogP contribution in [0.1, 0.15) is 6.92 Å². The zero-order chi connectivity index (χ0) is 11.6. The van der Waals surface area contributed by atoms with Gasteiger partial charge in [0.2, 0.25) is 0 Å². The maximum atomic E-state index is 11.1. The molecule has 1 aliphatic carbocycles. The number of carboxylic acid groups (broad SMARTS) is 2. The fraction of sp³-hybridized carbons (Fsp3) is 0.400. The quantitative estimate of drug-likeness (QED) is 0.718. The molecule has 0 aromatic heterocycles. The van der Waals surface area contributed by atoms with Crippen LogP contribution in [0.5, 0.6) is 0 Å². The number of hydrogen-bond acceptors (Lipinski definition) is 3. The third-order valence-electron chi connectivity index (χ3n) is 2.49. The van der Waals surface area contributed by atoms with Gasteiger partial charge in [-0.2, -0.15) is 0 Å². The molecule has 0 saturated carbocycles. The molecule has 5 nitrogen and oxygen atoms in total. The predicted molar refractivity (Wildman–Crippen MR) is 51.4 cm³/mol. The fourth-order valence-electron chi connectivity index (χ4n) is 1.59. The van der Waals surface area contributed by atoms with Gasteiger partial charge in [0, 0.05) is 7.11 Å². The van der Waals surface area contributed by atoms with Crippen LogP contribution in [0.3, 0.4) is 0 Å². The molecule has 1 rings (SSSR count). The summed E-state index contributed by atoms with van der Waals surface area (Å²) in [5.41, 5.74) is -1.39. The van der Waals surface area contributed by atoms with Crippen molar-refractivity contribution < 1.29 is 24.5 Å². The second kappa shape index (κ2) is 3.86. The molecule has 15 heavy (non-hydrogen) atoms. The Labute approximate surface area is 86.7 Å². The monoisotopic (exact) mass is 212 g/mol. The van der Waals surface area contributed by atoms with Crippen LogP contribution < -0.4 is 0 Å². The van der Waals surface area contributed by atoms with E-state index in [4.69, 9.17) is 14.9 Å². The van der Waals surface area contributed by atoms with Crippen LogP contribution in [0.15, 0.2) is 23.8 Å². The highest BCUT2D eigenvalue weighted by atomic mass is 16.5. The largest absolute Gasteiger partial charge is 0.481 e. The summed E-state index contributed by atoms with van der Waals surface area (Å²) < 4.78 is 4.96. The molecule has 0 amide bonds. The lowest BCUT2D eigenvalue weighted by molar-refractivity contribution is -0.151. The van der Waals surface area contributed by atoms with Crippen LogP contribution in [0.2, 0.25) is 0 Å². The van der Waals surface area contributed by atoms with E-state index in [2.05, 4.69) is 0 Å². The van der Waals surface area contributed by atoms with E-state index in [0.717, 1.165) is 0 Å². The number of methoxy groups -OCH3 is 1. The van der Waals surface area contributed by atoms with Crippen molar-refractivity contribution in [2.75, 3.05) is 7.11 Å². The van der Waals surface area contributed by atoms with Crippen molar-refractivity contribution in [1.82, 2.24) is 0 Å². The van der Waals surface area contributed by atoms with Gasteiger partial charge in [-0.3, -0.25) is 4.79 Å². The number of ether oxygens (including phenoxy) is 1. The highest BCUT2D eigenvalue weighted by Crippen LogP contribution is 2.34. The van der Waals surface area contributed by atoms with E-state index in [1.54, 1.807) is 0 Å². The van der Waals surface area contributed by atoms with E-state index < -0.39 is 23.5 Å². The third-order valence-corrected chi connectivity index (χ3v) is 2.49. The fourth-order valence-corrected chi connectivity index (χ4v) is 1.59. The second-order valence-corrected chi connectivity index (χ2v) is 3.49. The summed E-state index contributed by atoms with van der Waals surface area (Å²) in [5.74, 6) is -2.28. The number of carboxylic acids is 2. The summed E-state index contributed by atoms with van der Waals surface area (Å²) >= 11 is 0. The minimum Gasteiger partial charge on any atom is -0.481 e. The highest BCUT2D eigenvalue weighted by molar-refractivity contribution is 5.92. The van der Waals surface area contributed by atoms with Crippen molar-refractivity contribution in [2.45, 2.75) is 13.0 Å². The summed E-state index contributed by atoms with van der Waals surface area (Å²) in [4.78, 5) is 21.9. The van der Waals surface area contributed by atoms with Gasteiger partial charge in [0.25, 0.3) is 0 Å². The molecule has 0 aliphatic heterocycles. The summed E-state index contributed by atoms with van der Waals surface area (Å²) in [6.45, 7) is 1.43. The lowest BCUT2D eigenvalue weighted by Gasteiger charge is -2.32. The maximum absolute atomic E-state index is 11.1. The van der Waals surface area contributed by atoms with E-state index in [9.17, 15) is 9.59 Å². The van der Waals surface area contributed by atoms with Crippen LogP contribution in [0.4, 0.5) is 0 Å². The molecule has 2 N–H and O–H groups in total. The van der Waals surface area contributed by atoms with Crippen LogP contribution in [0, 0.1) is 5.41 Å². The first-order valence-corrected chi connectivity index (χ1v) is 4.32. The maximum Gasteiger partial charge on any atom is 0.334 e. The van der Waals surface area contributed by atoms with Crippen molar-refractivity contribution >= 4 is 11.9 Å². The molecule has 0 spiro atoms. The van der Waals surface area contributed by atoms with Crippen molar-refractivity contribution in [2.24, 2.45) is 5.41 Å². The van der Waals surface area contributed by atoms with Crippen LogP contribution >= 0.6 is 0 Å². The number of allylic oxidation sites excluding steroid dienone is 2. The zero-order valence-corrected chi connectivity index (χ0v) is 8.43. The van der Waals surface area contributed by atoms with Gasteiger partial charge in [0.1, 0.15) is 11.5 Å². The Morgan fingerprint density at radius 1 is 1.47 bits per heavy atom. The zero-order valence-electron chi connectivity index (χ0n) is 8.43. The molecule has 0 heterocycles. The molecular weight excluding hydrogens is 200 g/mol. The average molecular weight is 212 g/mol. The molecular formula is C10H12O5. The average Bonchev–Trinajstić information content (AvgIpc) is 2.16. The summed E-state index contributed by atoms with van der Waals surface area (Å²) in [5, 5.41) is 17.9. The Morgan fingerprint density at radius 2 is 2.07 bits per heavy atom. The van der Waals surface area contributed by atoms with Gasteiger partial charge < -0.3 is 14.9 Å². The smallest absolute Gasteiger partial charge is 0.334 e. The lowest BCUT2D eigenvalue weighted by Crippen LogP contribution is -2.43. The van der Waals surface area contributed by atoms with Gasteiger partial charge in [0.15, 0.2) is 0 Å². The Hall–Kier alpha value is -1.62. The van der Waals surface area contributed by atoms with Crippen molar-refractivity contribution in [3.8, 4) is 0 Å². The number of aliphatic carboxylic acids is 2.